The summed E-state index contributed by atoms with van der Waals surface area (Å²) in [6.07, 6.45) is 6.91. The molecule has 0 aromatic carbocycles. The summed E-state index contributed by atoms with van der Waals surface area (Å²) in [5, 5.41) is 4.40. The van der Waals surface area contributed by atoms with Crippen LogP contribution in [0.15, 0.2) is 24.5 Å². The number of fused-ring (bicyclic) bond motifs is 1. The van der Waals surface area contributed by atoms with E-state index in [9.17, 15) is 4.79 Å². The van der Waals surface area contributed by atoms with Crippen LogP contribution in [0.3, 0.4) is 0 Å². The molecule has 0 bridgehead atoms. The molecule has 0 N–H and O–H groups in total. The van der Waals surface area contributed by atoms with Gasteiger partial charge in [0.15, 0.2) is 0 Å². The van der Waals surface area contributed by atoms with Gasteiger partial charge in [-0.3, -0.25) is 19.4 Å². The minimum atomic E-state index is 0.150. The predicted octanol–water partition coefficient (Wildman–Crippen LogP) is 1.88. The summed E-state index contributed by atoms with van der Waals surface area (Å²) >= 11 is 0. The Morgan fingerprint density at radius 2 is 2.00 bits per heavy atom. The van der Waals surface area contributed by atoms with Crippen LogP contribution in [0.25, 0.3) is 0 Å². The van der Waals surface area contributed by atoms with Gasteiger partial charge in [-0.1, -0.05) is 6.07 Å². The highest BCUT2D eigenvalue weighted by atomic mass is 16.2. The van der Waals surface area contributed by atoms with Crippen LogP contribution in [-0.4, -0.2) is 56.7 Å². The molecule has 0 saturated carbocycles. The smallest absolute Gasteiger partial charge is 0.257 e. The van der Waals surface area contributed by atoms with Crippen LogP contribution < -0.4 is 0 Å². The number of piperazine rings is 1. The maximum absolute atomic E-state index is 12.9. The SMILES string of the molecule is Cc1cccnc1CN1CCN(C(=O)c2cnn3c2CCCC3)CC1. The molecule has 6 heteroatoms. The monoisotopic (exact) mass is 339 g/mol. The molecule has 1 saturated heterocycles. The van der Waals surface area contributed by atoms with Crippen molar-refractivity contribution in [3.8, 4) is 0 Å². The maximum Gasteiger partial charge on any atom is 0.257 e. The van der Waals surface area contributed by atoms with Crippen molar-refractivity contribution in [3.63, 3.8) is 0 Å². The minimum Gasteiger partial charge on any atom is -0.336 e. The number of hydrogen-bond acceptors (Lipinski definition) is 4. The zero-order chi connectivity index (χ0) is 17.2. The van der Waals surface area contributed by atoms with Crippen LogP contribution in [0.5, 0.6) is 0 Å². The van der Waals surface area contributed by atoms with Crippen molar-refractivity contribution in [2.24, 2.45) is 0 Å². The van der Waals surface area contributed by atoms with E-state index >= 15 is 0 Å². The fourth-order valence-electron chi connectivity index (χ4n) is 3.77. The van der Waals surface area contributed by atoms with Crippen molar-refractivity contribution in [3.05, 3.63) is 47.0 Å². The molecule has 25 heavy (non-hydrogen) atoms. The topological polar surface area (TPSA) is 54.3 Å². The molecule has 0 spiro atoms. The van der Waals surface area contributed by atoms with Crippen molar-refractivity contribution in [1.82, 2.24) is 24.6 Å². The summed E-state index contributed by atoms with van der Waals surface area (Å²) < 4.78 is 2.01. The predicted molar refractivity (Wildman–Crippen MR) is 95.3 cm³/mol. The molecule has 2 aliphatic heterocycles. The van der Waals surface area contributed by atoms with Gasteiger partial charge in [0.1, 0.15) is 0 Å². The van der Waals surface area contributed by atoms with Crippen molar-refractivity contribution < 1.29 is 4.79 Å². The number of aryl methyl sites for hydroxylation is 2. The number of carbonyl (C=O) groups is 1. The first kappa shape index (κ1) is 16.3. The van der Waals surface area contributed by atoms with Gasteiger partial charge in [0.2, 0.25) is 0 Å². The molecule has 132 valence electrons. The number of hydrogen-bond donors (Lipinski definition) is 0. The second kappa shape index (κ2) is 6.96. The van der Waals surface area contributed by atoms with Crippen LogP contribution >= 0.6 is 0 Å². The number of aromatic nitrogens is 3. The van der Waals surface area contributed by atoms with Gasteiger partial charge in [0.05, 0.1) is 23.1 Å². The Bertz CT molecular complexity index is 761. The molecule has 0 aliphatic carbocycles. The number of nitrogens with zero attached hydrogens (tertiary/aromatic N) is 5. The van der Waals surface area contributed by atoms with Gasteiger partial charge >= 0.3 is 0 Å². The lowest BCUT2D eigenvalue weighted by Crippen LogP contribution is -2.48. The van der Waals surface area contributed by atoms with E-state index in [1.165, 1.54) is 5.56 Å². The largest absolute Gasteiger partial charge is 0.336 e. The Morgan fingerprint density at radius 3 is 2.80 bits per heavy atom. The van der Waals surface area contributed by atoms with Gasteiger partial charge in [0.25, 0.3) is 5.91 Å². The summed E-state index contributed by atoms with van der Waals surface area (Å²) in [4.78, 5) is 21.7. The number of pyridine rings is 1. The Kier molecular flexibility index (Phi) is 4.53. The van der Waals surface area contributed by atoms with Crippen LogP contribution in [0.4, 0.5) is 0 Å². The lowest BCUT2D eigenvalue weighted by atomic mass is 10.1. The van der Waals surface area contributed by atoms with Gasteiger partial charge in [0, 0.05) is 45.5 Å². The summed E-state index contributed by atoms with van der Waals surface area (Å²) in [5.41, 5.74) is 4.30. The number of carbonyl (C=O) groups excluding carboxylic acids is 1. The average Bonchev–Trinajstić information content (AvgIpc) is 3.08. The molecule has 0 unspecified atom stereocenters. The Labute approximate surface area is 148 Å². The fraction of sp³-hybridized carbons (Fsp3) is 0.526. The molecule has 1 amide bonds. The highest BCUT2D eigenvalue weighted by Gasteiger charge is 2.27. The van der Waals surface area contributed by atoms with E-state index in [4.69, 9.17) is 0 Å². The van der Waals surface area contributed by atoms with E-state index in [2.05, 4.69) is 28.0 Å². The van der Waals surface area contributed by atoms with Gasteiger partial charge < -0.3 is 4.90 Å². The Hall–Kier alpha value is -2.21. The third kappa shape index (κ3) is 3.31. The second-order valence-corrected chi connectivity index (χ2v) is 7.02. The van der Waals surface area contributed by atoms with Crippen molar-refractivity contribution in [2.45, 2.75) is 39.3 Å². The van der Waals surface area contributed by atoms with Crippen LogP contribution in [0.1, 0.15) is 40.2 Å². The van der Waals surface area contributed by atoms with E-state index < -0.39 is 0 Å². The lowest BCUT2D eigenvalue weighted by Gasteiger charge is -2.34. The number of rotatable bonds is 3. The Morgan fingerprint density at radius 1 is 1.16 bits per heavy atom. The molecule has 2 aliphatic rings. The third-order valence-corrected chi connectivity index (χ3v) is 5.36. The van der Waals surface area contributed by atoms with E-state index in [1.54, 1.807) is 6.20 Å². The standard InChI is InChI=1S/C19H25N5O/c1-15-5-4-7-20-17(15)14-22-9-11-23(12-10-22)19(25)16-13-21-24-8-3-2-6-18(16)24/h4-5,7,13H,2-3,6,8-12,14H2,1H3. The van der Waals surface area contributed by atoms with Crippen molar-refractivity contribution >= 4 is 5.91 Å². The summed E-state index contributed by atoms with van der Waals surface area (Å²) in [5.74, 6) is 0.150. The van der Waals surface area contributed by atoms with Gasteiger partial charge in [-0.25, -0.2) is 0 Å². The van der Waals surface area contributed by atoms with Gasteiger partial charge in [-0.05, 0) is 37.8 Å². The summed E-state index contributed by atoms with van der Waals surface area (Å²) in [6.45, 7) is 7.24. The summed E-state index contributed by atoms with van der Waals surface area (Å²) in [6, 6.07) is 4.08. The highest BCUT2D eigenvalue weighted by molar-refractivity contribution is 5.95. The first-order valence-electron chi connectivity index (χ1n) is 9.19. The maximum atomic E-state index is 12.9. The third-order valence-electron chi connectivity index (χ3n) is 5.36. The summed E-state index contributed by atoms with van der Waals surface area (Å²) in [7, 11) is 0. The van der Waals surface area contributed by atoms with Gasteiger partial charge in [-0.2, -0.15) is 5.10 Å². The molecule has 6 nitrogen and oxygen atoms in total. The minimum absolute atomic E-state index is 0.150. The molecule has 2 aromatic heterocycles. The van der Waals surface area contributed by atoms with Crippen molar-refractivity contribution in [2.75, 3.05) is 26.2 Å². The number of amides is 1. The van der Waals surface area contributed by atoms with Crippen LogP contribution in [-0.2, 0) is 19.5 Å². The van der Waals surface area contributed by atoms with Crippen molar-refractivity contribution in [1.29, 1.82) is 0 Å². The first-order valence-corrected chi connectivity index (χ1v) is 9.19. The average molecular weight is 339 g/mol. The zero-order valence-electron chi connectivity index (χ0n) is 14.8. The molecular weight excluding hydrogens is 314 g/mol. The molecular formula is C19H25N5O. The van der Waals surface area contributed by atoms with E-state index in [1.807, 2.05) is 21.8 Å². The fourth-order valence-corrected chi connectivity index (χ4v) is 3.77. The van der Waals surface area contributed by atoms with E-state index in [0.29, 0.717) is 0 Å². The molecule has 2 aromatic rings. The zero-order valence-corrected chi connectivity index (χ0v) is 14.8. The quantitative estimate of drug-likeness (QED) is 0.857. The highest BCUT2D eigenvalue weighted by Crippen LogP contribution is 2.20. The molecule has 0 atom stereocenters. The Balaban J connectivity index is 1.38. The van der Waals surface area contributed by atoms with E-state index in [-0.39, 0.29) is 5.91 Å². The first-order chi connectivity index (χ1) is 12.2. The molecule has 4 rings (SSSR count). The lowest BCUT2D eigenvalue weighted by molar-refractivity contribution is 0.0625. The van der Waals surface area contributed by atoms with E-state index in [0.717, 1.165) is 75.5 Å². The molecule has 4 heterocycles. The second-order valence-electron chi connectivity index (χ2n) is 7.02. The molecule has 0 radical (unpaired) electrons. The van der Waals surface area contributed by atoms with Gasteiger partial charge in [-0.15, -0.1) is 0 Å². The van der Waals surface area contributed by atoms with Crippen LogP contribution in [0, 0.1) is 6.92 Å². The van der Waals surface area contributed by atoms with Crippen LogP contribution in [0.2, 0.25) is 0 Å². The molecule has 1 fully saturated rings. The normalized spacial score (nSPS) is 18.2.